The lowest BCUT2D eigenvalue weighted by molar-refractivity contribution is 0.122. The summed E-state index contributed by atoms with van der Waals surface area (Å²) < 4.78 is 7.38. The van der Waals surface area contributed by atoms with Crippen molar-refractivity contribution in [2.75, 3.05) is 36.5 Å². The molecule has 1 N–H and O–H groups in total. The van der Waals surface area contributed by atoms with Crippen LogP contribution in [0.2, 0.25) is 5.02 Å². The Morgan fingerprint density at radius 2 is 2.04 bits per heavy atom. The van der Waals surface area contributed by atoms with E-state index in [0.717, 1.165) is 48.4 Å². The number of anilines is 2. The van der Waals surface area contributed by atoms with Gasteiger partial charge in [-0.3, -0.25) is 4.40 Å². The molecule has 3 heterocycles. The van der Waals surface area contributed by atoms with Crippen molar-refractivity contribution >= 4 is 28.8 Å². The van der Waals surface area contributed by atoms with Gasteiger partial charge in [-0.15, -0.1) is 10.2 Å². The first-order valence-corrected chi connectivity index (χ1v) is 8.33. The Kier molecular flexibility index (Phi) is 4.23. The maximum Gasteiger partial charge on any atom is 0.162 e. The predicted molar refractivity (Wildman–Crippen MR) is 94.8 cm³/mol. The molecule has 4 rings (SSSR count). The standard InChI is InChI=1S/C17H18ClN5O/c18-14-4-5-15(22-6-8-24-9-7-22)13(10-14)11-19-16-2-1-3-17-21-20-12-23(16)17/h1-5,10,12,19H,6-9,11H2. The number of fused-ring (bicyclic) bond motifs is 1. The van der Waals surface area contributed by atoms with Crippen LogP contribution in [0.25, 0.3) is 5.65 Å². The van der Waals surface area contributed by atoms with E-state index >= 15 is 0 Å². The molecule has 24 heavy (non-hydrogen) atoms. The fourth-order valence-corrected chi connectivity index (χ4v) is 3.18. The van der Waals surface area contributed by atoms with Crippen molar-refractivity contribution in [1.29, 1.82) is 0 Å². The van der Waals surface area contributed by atoms with Gasteiger partial charge >= 0.3 is 0 Å². The summed E-state index contributed by atoms with van der Waals surface area (Å²) >= 11 is 6.22. The molecule has 0 amide bonds. The fraction of sp³-hybridized carbons (Fsp3) is 0.294. The van der Waals surface area contributed by atoms with Crippen LogP contribution in [0.3, 0.4) is 0 Å². The van der Waals surface area contributed by atoms with E-state index in [-0.39, 0.29) is 0 Å². The van der Waals surface area contributed by atoms with E-state index < -0.39 is 0 Å². The average Bonchev–Trinajstić information content (AvgIpc) is 3.10. The molecule has 3 aromatic rings. The molecule has 7 heteroatoms. The molecule has 0 atom stereocenters. The van der Waals surface area contributed by atoms with Crippen LogP contribution in [0.15, 0.2) is 42.7 Å². The zero-order valence-electron chi connectivity index (χ0n) is 13.2. The summed E-state index contributed by atoms with van der Waals surface area (Å²) in [6.45, 7) is 3.99. The first-order chi connectivity index (χ1) is 11.8. The molecule has 0 aliphatic carbocycles. The molecule has 1 fully saturated rings. The molecule has 2 aromatic heterocycles. The van der Waals surface area contributed by atoms with Gasteiger partial charge in [0, 0.05) is 30.3 Å². The maximum atomic E-state index is 6.22. The van der Waals surface area contributed by atoms with E-state index in [1.54, 1.807) is 6.33 Å². The number of halogens is 1. The zero-order valence-corrected chi connectivity index (χ0v) is 13.9. The van der Waals surface area contributed by atoms with E-state index in [4.69, 9.17) is 16.3 Å². The Balaban J connectivity index is 1.59. The van der Waals surface area contributed by atoms with E-state index in [2.05, 4.69) is 26.5 Å². The number of morpholine rings is 1. The summed E-state index contributed by atoms with van der Waals surface area (Å²) in [5.41, 5.74) is 3.18. The van der Waals surface area contributed by atoms with Gasteiger partial charge in [0.05, 0.1) is 13.2 Å². The summed E-state index contributed by atoms with van der Waals surface area (Å²) in [7, 11) is 0. The summed E-state index contributed by atoms with van der Waals surface area (Å²) in [6, 6.07) is 11.9. The topological polar surface area (TPSA) is 54.7 Å². The van der Waals surface area contributed by atoms with Crippen LogP contribution in [0.4, 0.5) is 11.5 Å². The minimum atomic E-state index is 0.671. The number of hydrogen-bond donors (Lipinski definition) is 1. The van der Waals surface area contributed by atoms with Crippen molar-refractivity contribution in [2.24, 2.45) is 0 Å². The number of benzene rings is 1. The highest BCUT2D eigenvalue weighted by Crippen LogP contribution is 2.26. The number of hydrogen-bond acceptors (Lipinski definition) is 5. The third-order valence-electron chi connectivity index (χ3n) is 4.19. The van der Waals surface area contributed by atoms with E-state index in [1.807, 2.05) is 34.7 Å². The highest BCUT2D eigenvalue weighted by Gasteiger charge is 2.15. The van der Waals surface area contributed by atoms with Crippen LogP contribution in [0.5, 0.6) is 0 Å². The van der Waals surface area contributed by atoms with E-state index in [0.29, 0.717) is 6.54 Å². The molecule has 0 spiro atoms. The molecule has 124 valence electrons. The molecule has 6 nitrogen and oxygen atoms in total. The van der Waals surface area contributed by atoms with Crippen molar-refractivity contribution in [2.45, 2.75) is 6.54 Å². The normalized spacial score (nSPS) is 15.0. The second kappa shape index (κ2) is 6.67. The van der Waals surface area contributed by atoms with Crippen molar-refractivity contribution in [3.63, 3.8) is 0 Å². The maximum absolute atomic E-state index is 6.22. The molecule has 0 bridgehead atoms. The van der Waals surface area contributed by atoms with Gasteiger partial charge in [0.1, 0.15) is 12.1 Å². The molecular weight excluding hydrogens is 326 g/mol. The summed E-state index contributed by atoms with van der Waals surface area (Å²) in [4.78, 5) is 2.34. The third kappa shape index (κ3) is 3.02. The van der Waals surface area contributed by atoms with Crippen LogP contribution >= 0.6 is 11.6 Å². The van der Waals surface area contributed by atoms with Gasteiger partial charge in [-0.25, -0.2) is 0 Å². The van der Waals surface area contributed by atoms with Gasteiger partial charge in [-0.2, -0.15) is 0 Å². The number of aromatic nitrogens is 3. The van der Waals surface area contributed by atoms with Crippen LogP contribution in [0.1, 0.15) is 5.56 Å². The smallest absolute Gasteiger partial charge is 0.162 e. The predicted octanol–water partition coefficient (Wildman–Crippen LogP) is 2.83. The number of nitrogens with one attached hydrogen (secondary N) is 1. The van der Waals surface area contributed by atoms with Gasteiger partial charge in [0.25, 0.3) is 0 Å². The summed E-state index contributed by atoms with van der Waals surface area (Å²) in [5, 5.41) is 12.2. The van der Waals surface area contributed by atoms with Gasteiger partial charge in [-0.05, 0) is 35.9 Å². The molecule has 0 radical (unpaired) electrons. The molecule has 1 aromatic carbocycles. The lowest BCUT2D eigenvalue weighted by Gasteiger charge is -2.31. The van der Waals surface area contributed by atoms with Gasteiger partial charge in [-0.1, -0.05) is 17.7 Å². The Morgan fingerprint density at radius 1 is 1.17 bits per heavy atom. The quantitative estimate of drug-likeness (QED) is 0.789. The Morgan fingerprint density at radius 3 is 2.92 bits per heavy atom. The van der Waals surface area contributed by atoms with Crippen molar-refractivity contribution in [3.05, 3.63) is 53.3 Å². The monoisotopic (exact) mass is 343 g/mol. The van der Waals surface area contributed by atoms with Gasteiger partial charge in [0.15, 0.2) is 5.65 Å². The van der Waals surface area contributed by atoms with Gasteiger partial charge < -0.3 is 15.0 Å². The number of ether oxygens (including phenoxy) is 1. The highest BCUT2D eigenvalue weighted by molar-refractivity contribution is 6.30. The Hall–Kier alpha value is -2.31. The lowest BCUT2D eigenvalue weighted by atomic mass is 10.1. The van der Waals surface area contributed by atoms with Crippen LogP contribution in [-0.2, 0) is 11.3 Å². The number of nitrogens with zero attached hydrogens (tertiary/aromatic N) is 4. The second-order valence-electron chi connectivity index (χ2n) is 5.70. The molecular formula is C17H18ClN5O. The highest BCUT2D eigenvalue weighted by atomic mass is 35.5. The van der Waals surface area contributed by atoms with Crippen molar-refractivity contribution in [1.82, 2.24) is 14.6 Å². The Bertz CT molecular complexity index is 844. The average molecular weight is 344 g/mol. The lowest BCUT2D eigenvalue weighted by Crippen LogP contribution is -2.36. The van der Waals surface area contributed by atoms with Crippen molar-refractivity contribution < 1.29 is 4.74 Å². The van der Waals surface area contributed by atoms with Crippen LogP contribution in [-0.4, -0.2) is 40.9 Å². The van der Waals surface area contributed by atoms with Gasteiger partial charge in [0.2, 0.25) is 0 Å². The van der Waals surface area contributed by atoms with E-state index in [9.17, 15) is 0 Å². The fourth-order valence-electron chi connectivity index (χ4n) is 2.99. The molecule has 1 saturated heterocycles. The molecule has 0 saturated carbocycles. The van der Waals surface area contributed by atoms with Crippen LogP contribution < -0.4 is 10.2 Å². The largest absolute Gasteiger partial charge is 0.378 e. The first-order valence-electron chi connectivity index (χ1n) is 7.95. The third-order valence-corrected chi connectivity index (χ3v) is 4.42. The van der Waals surface area contributed by atoms with Crippen molar-refractivity contribution in [3.8, 4) is 0 Å². The Labute approximate surface area is 145 Å². The summed E-state index contributed by atoms with van der Waals surface area (Å²) in [6.07, 6.45) is 1.71. The van der Waals surface area contributed by atoms with Crippen LogP contribution in [0, 0.1) is 0 Å². The minimum Gasteiger partial charge on any atom is -0.378 e. The molecule has 1 aliphatic rings. The number of rotatable bonds is 4. The van der Waals surface area contributed by atoms with E-state index in [1.165, 1.54) is 5.69 Å². The first kappa shape index (κ1) is 15.2. The summed E-state index contributed by atoms with van der Waals surface area (Å²) in [5.74, 6) is 0.949. The SMILES string of the molecule is Clc1ccc(N2CCOCC2)c(CNc2cccc3nncn23)c1. The number of pyridine rings is 1. The molecule has 1 aliphatic heterocycles. The molecule has 0 unspecified atom stereocenters. The minimum absolute atomic E-state index is 0.671. The zero-order chi connectivity index (χ0) is 16.4. The second-order valence-corrected chi connectivity index (χ2v) is 6.13.